The summed E-state index contributed by atoms with van der Waals surface area (Å²) in [4.78, 5) is 12.6. The van der Waals surface area contributed by atoms with E-state index in [1.807, 2.05) is 0 Å². The number of hydrogen-bond acceptors (Lipinski definition) is 3. The molecule has 2 atom stereocenters. The van der Waals surface area contributed by atoms with E-state index < -0.39 is 11.6 Å². The van der Waals surface area contributed by atoms with Gasteiger partial charge in [0.25, 0.3) is 0 Å². The van der Waals surface area contributed by atoms with Crippen molar-refractivity contribution < 1.29 is 18.3 Å². The normalized spacial score (nSPS) is 25.5. The number of fused-ring (bicyclic) bond motifs is 1. The fourth-order valence-electron chi connectivity index (χ4n) is 3.78. The van der Waals surface area contributed by atoms with Crippen molar-refractivity contribution >= 4 is 18.3 Å². The minimum atomic E-state index is -0.734. The van der Waals surface area contributed by atoms with Crippen LogP contribution in [0.2, 0.25) is 0 Å². The molecular weight excluding hydrogens is 338 g/mol. The number of halogens is 3. The maximum Gasteiger partial charge on any atom is 0.227 e. The molecule has 0 radical (unpaired) electrons. The maximum absolute atomic E-state index is 13.4. The van der Waals surface area contributed by atoms with Crippen LogP contribution in [0, 0.1) is 23.0 Å². The summed E-state index contributed by atoms with van der Waals surface area (Å²) in [5.74, 6) is -0.902. The van der Waals surface area contributed by atoms with Crippen LogP contribution in [-0.4, -0.2) is 32.1 Å². The maximum atomic E-state index is 13.4. The van der Waals surface area contributed by atoms with E-state index in [2.05, 4.69) is 10.6 Å². The molecule has 1 saturated heterocycles. The third-order valence-corrected chi connectivity index (χ3v) is 5.03. The Morgan fingerprint density at radius 2 is 2.21 bits per heavy atom. The predicted octanol–water partition coefficient (Wildman–Crippen LogP) is 2.66. The van der Waals surface area contributed by atoms with Gasteiger partial charge in [-0.05, 0) is 37.4 Å². The number of ether oxygens (including phenoxy) is 1. The van der Waals surface area contributed by atoms with E-state index in [0.717, 1.165) is 44.5 Å². The Morgan fingerprint density at radius 3 is 3.00 bits per heavy atom. The molecule has 2 aliphatic rings. The zero-order chi connectivity index (χ0) is 16.3. The SMILES string of the molecule is Cl.O=C(NCCOc1ccc(F)cc1F)[C@@]12CCCC[C@H]1CNC2. The first-order valence-electron chi connectivity index (χ1n) is 8.19. The summed E-state index contributed by atoms with van der Waals surface area (Å²) in [6, 6.07) is 3.18. The molecule has 0 unspecified atom stereocenters. The molecule has 0 spiro atoms. The predicted molar refractivity (Wildman–Crippen MR) is 89.4 cm³/mol. The molecule has 1 aliphatic heterocycles. The number of carbonyl (C=O) groups excluding carboxylic acids is 1. The number of nitrogens with one attached hydrogen (secondary N) is 2. The van der Waals surface area contributed by atoms with Crippen molar-refractivity contribution in [1.29, 1.82) is 0 Å². The lowest BCUT2D eigenvalue weighted by Crippen LogP contribution is -2.48. The van der Waals surface area contributed by atoms with E-state index in [1.165, 1.54) is 12.5 Å². The topological polar surface area (TPSA) is 50.4 Å². The van der Waals surface area contributed by atoms with Crippen LogP contribution in [0.1, 0.15) is 25.7 Å². The largest absolute Gasteiger partial charge is 0.489 e. The van der Waals surface area contributed by atoms with Gasteiger partial charge in [0.15, 0.2) is 11.6 Å². The van der Waals surface area contributed by atoms with Gasteiger partial charge in [-0.25, -0.2) is 8.78 Å². The van der Waals surface area contributed by atoms with Gasteiger partial charge in [0.2, 0.25) is 5.91 Å². The molecule has 0 bridgehead atoms. The van der Waals surface area contributed by atoms with Gasteiger partial charge in [0.1, 0.15) is 12.4 Å². The second kappa shape index (κ2) is 8.12. The number of rotatable bonds is 5. The Labute approximate surface area is 146 Å². The molecule has 1 aliphatic carbocycles. The van der Waals surface area contributed by atoms with Gasteiger partial charge in [-0.15, -0.1) is 12.4 Å². The Hall–Kier alpha value is -1.40. The summed E-state index contributed by atoms with van der Waals surface area (Å²) in [5, 5.41) is 6.25. The highest BCUT2D eigenvalue weighted by atomic mass is 35.5. The lowest BCUT2D eigenvalue weighted by Gasteiger charge is -2.37. The van der Waals surface area contributed by atoms with Crippen molar-refractivity contribution in [2.45, 2.75) is 25.7 Å². The lowest BCUT2D eigenvalue weighted by molar-refractivity contribution is -0.134. The Bertz CT molecular complexity index is 588. The smallest absolute Gasteiger partial charge is 0.227 e. The summed E-state index contributed by atoms with van der Waals surface area (Å²) in [7, 11) is 0. The average Bonchev–Trinajstić information content (AvgIpc) is 2.98. The van der Waals surface area contributed by atoms with E-state index in [1.54, 1.807) is 0 Å². The fraction of sp³-hybridized carbons (Fsp3) is 0.588. The lowest BCUT2D eigenvalue weighted by atomic mass is 9.67. The average molecular weight is 361 g/mol. The van der Waals surface area contributed by atoms with Gasteiger partial charge in [-0.3, -0.25) is 4.79 Å². The fourth-order valence-corrected chi connectivity index (χ4v) is 3.78. The second-order valence-corrected chi connectivity index (χ2v) is 6.41. The molecule has 4 nitrogen and oxygen atoms in total. The van der Waals surface area contributed by atoms with E-state index in [4.69, 9.17) is 4.74 Å². The number of carbonyl (C=O) groups is 1. The first-order valence-corrected chi connectivity index (χ1v) is 8.19. The Morgan fingerprint density at radius 1 is 1.38 bits per heavy atom. The highest BCUT2D eigenvalue weighted by Crippen LogP contribution is 2.43. The van der Waals surface area contributed by atoms with E-state index in [0.29, 0.717) is 12.5 Å². The minimum Gasteiger partial charge on any atom is -0.489 e. The number of amides is 1. The summed E-state index contributed by atoms with van der Waals surface area (Å²) in [5.41, 5.74) is -0.292. The molecule has 0 aromatic heterocycles. The molecule has 7 heteroatoms. The standard InChI is InChI=1S/C17H22F2N2O2.ClH/c18-13-4-5-15(14(19)9-13)23-8-7-21-16(22)17-6-2-1-3-12(17)10-20-11-17;/h4-5,9,12,20H,1-3,6-8,10-11H2,(H,21,22);1H/t12-,17+;/m0./s1. The summed E-state index contributed by atoms with van der Waals surface area (Å²) in [6.07, 6.45) is 4.29. The molecule has 1 saturated carbocycles. The second-order valence-electron chi connectivity index (χ2n) is 6.41. The zero-order valence-electron chi connectivity index (χ0n) is 13.4. The van der Waals surface area contributed by atoms with Gasteiger partial charge in [0.05, 0.1) is 12.0 Å². The molecule has 134 valence electrons. The van der Waals surface area contributed by atoms with Crippen LogP contribution in [0.15, 0.2) is 18.2 Å². The highest BCUT2D eigenvalue weighted by Gasteiger charge is 2.49. The Kier molecular flexibility index (Phi) is 6.40. The number of hydrogen-bond donors (Lipinski definition) is 2. The molecule has 2 fully saturated rings. The molecule has 1 heterocycles. The van der Waals surface area contributed by atoms with Crippen molar-refractivity contribution in [3.05, 3.63) is 29.8 Å². The van der Waals surface area contributed by atoms with E-state index in [9.17, 15) is 13.6 Å². The molecule has 3 rings (SSSR count). The first kappa shape index (κ1) is 18.9. The van der Waals surface area contributed by atoms with Crippen molar-refractivity contribution in [3.63, 3.8) is 0 Å². The monoisotopic (exact) mass is 360 g/mol. The van der Waals surface area contributed by atoms with Gasteiger partial charge in [-0.1, -0.05) is 12.8 Å². The van der Waals surface area contributed by atoms with Crippen molar-refractivity contribution in [3.8, 4) is 5.75 Å². The van der Waals surface area contributed by atoms with Crippen LogP contribution in [0.5, 0.6) is 5.75 Å². The summed E-state index contributed by atoms with van der Waals surface area (Å²) >= 11 is 0. The van der Waals surface area contributed by atoms with Gasteiger partial charge in [0, 0.05) is 12.6 Å². The van der Waals surface area contributed by atoms with Crippen LogP contribution in [-0.2, 0) is 4.79 Å². The third-order valence-electron chi connectivity index (χ3n) is 5.03. The first-order chi connectivity index (χ1) is 11.1. The third kappa shape index (κ3) is 3.81. The van der Waals surface area contributed by atoms with Gasteiger partial charge in [-0.2, -0.15) is 0 Å². The quantitative estimate of drug-likeness (QED) is 0.794. The molecule has 1 aromatic rings. The van der Waals surface area contributed by atoms with Crippen molar-refractivity contribution in [2.24, 2.45) is 11.3 Å². The zero-order valence-corrected chi connectivity index (χ0v) is 14.3. The highest BCUT2D eigenvalue weighted by molar-refractivity contribution is 5.85. The summed E-state index contributed by atoms with van der Waals surface area (Å²) < 4.78 is 31.5. The van der Waals surface area contributed by atoms with Crippen molar-refractivity contribution in [1.82, 2.24) is 10.6 Å². The molecule has 1 amide bonds. The van der Waals surface area contributed by atoms with E-state index >= 15 is 0 Å². The van der Waals surface area contributed by atoms with E-state index in [-0.39, 0.29) is 36.1 Å². The van der Waals surface area contributed by atoms with Gasteiger partial charge < -0.3 is 15.4 Å². The van der Waals surface area contributed by atoms with Crippen LogP contribution in [0.4, 0.5) is 8.78 Å². The van der Waals surface area contributed by atoms with Crippen LogP contribution >= 0.6 is 12.4 Å². The molecule has 2 N–H and O–H groups in total. The van der Waals surface area contributed by atoms with Crippen LogP contribution < -0.4 is 15.4 Å². The van der Waals surface area contributed by atoms with Gasteiger partial charge >= 0.3 is 0 Å². The Balaban J connectivity index is 0.00000208. The molecule has 1 aromatic carbocycles. The van der Waals surface area contributed by atoms with Crippen LogP contribution in [0.3, 0.4) is 0 Å². The minimum absolute atomic E-state index is 0. The molecular formula is C17H23ClF2N2O2. The summed E-state index contributed by atoms with van der Waals surface area (Å²) in [6.45, 7) is 2.11. The molecule has 24 heavy (non-hydrogen) atoms. The van der Waals surface area contributed by atoms with Crippen molar-refractivity contribution in [2.75, 3.05) is 26.2 Å². The number of benzene rings is 1. The van der Waals surface area contributed by atoms with Crippen LogP contribution in [0.25, 0.3) is 0 Å².